The lowest BCUT2D eigenvalue weighted by atomic mass is 9.93. The molecule has 2 unspecified atom stereocenters. The minimum absolute atomic E-state index is 0.0457. The van der Waals surface area contributed by atoms with Crippen LogP contribution in [0.5, 0.6) is 0 Å². The SMILES string of the molecule is C=CC(CCC(=O)O)(NC(=O)CC(C)N)C(=O)O. The van der Waals surface area contributed by atoms with E-state index in [1.54, 1.807) is 6.92 Å². The monoisotopic (exact) mass is 258 g/mol. The third-order valence-electron chi connectivity index (χ3n) is 2.33. The Bertz CT molecular complexity index is 353. The average molecular weight is 258 g/mol. The molecular formula is C11H18N2O5. The van der Waals surface area contributed by atoms with Crippen molar-refractivity contribution < 1.29 is 24.6 Å². The highest BCUT2D eigenvalue weighted by atomic mass is 16.4. The largest absolute Gasteiger partial charge is 0.481 e. The Kier molecular flexibility index (Phi) is 6.04. The van der Waals surface area contributed by atoms with E-state index in [1.807, 2.05) is 0 Å². The molecule has 0 aliphatic rings. The molecule has 0 bridgehead atoms. The molecule has 1 amide bonds. The van der Waals surface area contributed by atoms with E-state index in [1.165, 1.54) is 0 Å². The maximum atomic E-state index is 11.5. The number of rotatable bonds is 8. The number of carboxylic acid groups (broad SMARTS) is 2. The molecule has 7 heteroatoms. The van der Waals surface area contributed by atoms with Crippen molar-refractivity contribution in [2.45, 2.75) is 37.8 Å². The normalized spacial score (nSPS) is 15.2. The summed E-state index contributed by atoms with van der Waals surface area (Å²) >= 11 is 0. The van der Waals surface area contributed by atoms with Crippen LogP contribution in [0.15, 0.2) is 12.7 Å². The molecule has 0 aromatic heterocycles. The zero-order valence-corrected chi connectivity index (χ0v) is 10.2. The van der Waals surface area contributed by atoms with Crippen LogP contribution in [0.25, 0.3) is 0 Å². The maximum Gasteiger partial charge on any atom is 0.333 e. The molecule has 0 rings (SSSR count). The molecule has 0 fully saturated rings. The number of carbonyl (C=O) groups is 3. The first-order valence-electron chi connectivity index (χ1n) is 5.39. The second kappa shape index (κ2) is 6.75. The van der Waals surface area contributed by atoms with Crippen LogP contribution in [-0.2, 0) is 14.4 Å². The molecule has 0 saturated heterocycles. The Balaban J connectivity index is 4.86. The second-order valence-corrected chi connectivity index (χ2v) is 4.10. The predicted octanol–water partition coefficient (Wildman–Crippen LogP) is -0.286. The van der Waals surface area contributed by atoms with E-state index in [4.69, 9.17) is 15.9 Å². The van der Waals surface area contributed by atoms with Crippen LogP contribution in [0.1, 0.15) is 26.2 Å². The Morgan fingerprint density at radius 3 is 2.33 bits per heavy atom. The molecule has 2 atom stereocenters. The fourth-order valence-electron chi connectivity index (χ4n) is 1.36. The van der Waals surface area contributed by atoms with Crippen molar-refractivity contribution >= 4 is 17.8 Å². The van der Waals surface area contributed by atoms with E-state index in [2.05, 4.69) is 11.9 Å². The minimum Gasteiger partial charge on any atom is -0.481 e. The smallest absolute Gasteiger partial charge is 0.333 e. The Labute approximate surface area is 105 Å². The van der Waals surface area contributed by atoms with Crippen LogP contribution in [0, 0.1) is 0 Å². The van der Waals surface area contributed by atoms with Crippen LogP contribution < -0.4 is 11.1 Å². The fourth-order valence-corrected chi connectivity index (χ4v) is 1.36. The number of hydrogen-bond acceptors (Lipinski definition) is 4. The van der Waals surface area contributed by atoms with Crippen LogP contribution in [0.3, 0.4) is 0 Å². The van der Waals surface area contributed by atoms with Gasteiger partial charge in [0.25, 0.3) is 0 Å². The summed E-state index contributed by atoms with van der Waals surface area (Å²) in [4.78, 5) is 33.2. The molecule has 0 aromatic carbocycles. The molecule has 5 N–H and O–H groups in total. The molecule has 7 nitrogen and oxygen atoms in total. The molecule has 0 spiro atoms. The molecule has 18 heavy (non-hydrogen) atoms. The molecule has 0 saturated carbocycles. The first-order chi connectivity index (χ1) is 8.23. The van der Waals surface area contributed by atoms with Crippen molar-refractivity contribution in [1.29, 1.82) is 0 Å². The molecule has 102 valence electrons. The number of amides is 1. The van der Waals surface area contributed by atoms with Crippen molar-refractivity contribution in [3.05, 3.63) is 12.7 Å². The van der Waals surface area contributed by atoms with E-state index in [9.17, 15) is 14.4 Å². The molecule has 0 radical (unpaired) electrons. The third kappa shape index (κ3) is 4.96. The number of carboxylic acids is 2. The number of hydrogen-bond donors (Lipinski definition) is 4. The molecular weight excluding hydrogens is 240 g/mol. The van der Waals surface area contributed by atoms with Gasteiger partial charge in [-0.1, -0.05) is 6.08 Å². The Morgan fingerprint density at radius 2 is 2.00 bits per heavy atom. The number of nitrogens with two attached hydrogens (primary N) is 1. The van der Waals surface area contributed by atoms with Gasteiger partial charge in [-0.25, -0.2) is 4.79 Å². The summed E-state index contributed by atoms with van der Waals surface area (Å²) in [7, 11) is 0. The molecule has 0 aromatic rings. The van der Waals surface area contributed by atoms with E-state index in [0.29, 0.717) is 0 Å². The summed E-state index contributed by atoms with van der Waals surface area (Å²) in [6, 6.07) is -0.416. The number of aliphatic carboxylic acids is 2. The third-order valence-corrected chi connectivity index (χ3v) is 2.33. The number of carbonyl (C=O) groups excluding carboxylic acids is 1. The Morgan fingerprint density at radius 1 is 1.44 bits per heavy atom. The summed E-state index contributed by atoms with van der Waals surface area (Å²) < 4.78 is 0. The predicted molar refractivity (Wildman–Crippen MR) is 63.8 cm³/mol. The lowest BCUT2D eigenvalue weighted by Gasteiger charge is -2.27. The first-order valence-corrected chi connectivity index (χ1v) is 5.39. The summed E-state index contributed by atoms with van der Waals surface area (Å²) in [6.07, 6.45) is 0.315. The van der Waals surface area contributed by atoms with Gasteiger partial charge in [0.1, 0.15) is 0 Å². The fraction of sp³-hybridized carbons (Fsp3) is 0.545. The van der Waals surface area contributed by atoms with Crippen molar-refractivity contribution in [2.75, 3.05) is 0 Å². The average Bonchev–Trinajstić information content (AvgIpc) is 2.22. The minimum atomic E-state index is -1.77. The van der Waals surface area contributed by atoms with Gasteiger partial charge in [-0.2, -0.15) is 0 Å². The second-order valence-electron chi connectivity index (χ2n) is 4.10. The van der Waals surface area contributed by atoms with E-state index < -0.39 is 35.8 Å². The topological polar surface area (TPSA) is 130 Å². The van der Waals surface area contributed by atoms with Gasteiger partial charge in [0.05, 0.1) is 0 Å². The standard InChI is InChI=1S/C11H18N2O5/c1-3-11(10(17)18,5-4-9(15)16)13-8(14)6-7(2)12/h3,7H,1,4-6,12H2,2H3,(H,13,14)(H,15,16)(H,17,18). The van der Waals surface area contributed by atoms with Crippen LogP contribution in [0.4, 0.5) is 0 Å². The van der Waals surface area contributed by atoms with E-state index >= 15 is 0 Å². The highest BCUT2D eigenvalue weighted by Crippen LogP contribution is 2.16. The maximum absolute atomic E-state index is 11.5. The zero-order valence-electron chi connectivity index (χ0n) is 10.2. The van der Waals surface area contributed by atoms with Crippen molar-refractivity contribution in [1.82, 2.24) is 5.32 Å². The highest BCUT2D eigenvalue weighted by Gasteiger charge is 2.37. The first kappa shape index (κ1) is 16.1. The zero-order chi connectivity index (χ0) is 14.3. The van der Waals surface area contributed by atoms with Crippen molar-refractivity contribution in [3.8, 4) is 0 Å². The highest BCUT2D eigenvalue weighted by molar-refractivity contribution is 5.89. The quantitative estimate of drug-likeness (QED) is 0.443. The summed E-state index contributed by atoms with van der Waals surface area (Å²) in [6.45, 7) is 4.95. The van der Waals surface area contributed by atoms with Crippen LogP contribution in [0.2, 0.25) is 0 Å². The summed E-state index contributed by atoms with van der Waals surface area (Å²) in [5, 5.41) is 19.9. The summed E-state index contributed by atoms with van der Waals surface area (Å²) in [5.41, 5.74) is 3.65. The van der Waals surface area contributed by atoms with Crippen molar-refractivity contribution in [3.63, 3.8) is 0 Å². The van der Waals surface area contributed by atoms with Gasteiger partial charge in [0.15, 0.2) is 5.54 Å². The van der Waals surface area contributed by atoms with Gasteiger partial charge in [-0.05, 0) is 13.3 Å². The van der Waals surface area contributed by atoms with Gasteiger partial charge < -0.3 is 21.3 Å². The van der Waals surface area contributed by atoms with Gasteiger partial charge in [-0.3, -0.25) is 9.59 Å². The van der Waals surface area contributed by atoms with Crippen LogP contribution in [-0.4, -0.2) is 39.6 Å². The molecule has 0 aliphatic heterocycles. The van der Waals surface area contributed by atoms with Gasteiger partial charge in [0.2, 0.25) is 5.91 Å². The lowest BCUT2D eigenvalue weighted by molar-refractivity contribution is -0.146. The molecule has 0 aliphatic carbocycles. The van der Waals surface area contributed by atoms with Gasteiger partial charge in [0, 0.05) is 18.9 Å². The molecule has 0 heterocycles. The lowest BCUT2D eigenvalue weighted by Crippen LogP contribution is -2.54. The summed E-state index contributed by atoms with van der Waals surface area (Å²) in [5.74, 6) is -3.06. The van der Waals surface area contributed by atoms with Gasteiger partial charge in [-0.15, -0.1) is 6.58 Å². The number of nitrogens with one attached hydrogen (secondary N) is 1. The Hall–Kier alpha value is -1.89. The van der Waals surface area contributed by atoms with Crippen LogP contribution >= 0.6 is 0 Å². The van der Waals surface area contributed by atoms with E-state index in [-0.39, 0.29) is 12.8 Å². The van der Waals surface area contributed by atoms with Gasteiger partial charge >= 0.3 is 11.9 Å². The van der Waals surface area contributed by atoms with Crippen molar-refractivity contribution in [2.24, 2.45) is 5.73 Å². The van der Waals surface area contributed by atoms with E-state index in [0.717, 1.165) is 6.08 Å².